The molecule has 0 spiro atoms. The van der Waals surface area contributed by atoms with Gasteiger partial charge in [0, 0.05) is 7.05 Å². The first-order valence-corrected chi connectivity index (χ1v) is 7.96. The predicted octanol–water partition coefficient (Wildman–Crippen LogP) is 4.44. The van der Waals surface area contributed by atoms with Crippen molar-refractivity contribution in [2.45, 2.75) is 6.18 Å². The molecule has 2 rings (SSSR count). The van der Waals surface area contributed by atoms with E-state index in [4.69, 9.17) is 14.2 Å². The van der Waals surface area contributed by atoms with Gasteiger partial charge >= 0.3 is 12.3 Å². The van der Waals surface area contributed by atoms with Gasteiger partial charge in [-0.1, -0.05) is 12.1 Å². The Kier molecular flexibility index (Phi) is 7.10. The summed E-state index contributed by atoms with van der Waals surface area (Å²) in [5.74, 6) is 1.01. The third-order valence-electron chi connectivity index (χ3n) is 3.29. The van der Waals surface area contributed by atoms with Gasteiger partial charge in [0.2, 0.25) is 0 Å². The largest absolute Gasteiger partial charge is 0.490 e. The zero-order valence-corrected chi connectivity index (χ0v) is 14.5. The highest BCUT2D eigenvalue weighted by Crippen LogP contribution is 2.30. The second kappa shape index (κ2) is 9.51. The molecule has 0 heterocycles. The minimum atomic E-state index is -4.37. The number of carbonyl (C=O) groups is 1. The van der Waals surface area contributed by atoms with Gasteiger partial charge in [0.05, 0.1) is 5.56 Å². The van der Waals surface area contributed by atoms with Gasteiger partial charge in [-0.05, 0) is 48.6 Å². The van der Waals surface area contributed by atoms with Crippen molar-refractivity contribution in [2.75, 3.05) is 20.3 Å². The number of hydrogen-bond acceptors (Lipinski definition) is 4. The first-order chi connectivity index (χ1) is 12.9. The van der Waals surface area contributed by atoms with Crippen LogP contribution in [0.1, 0.15) is 5.56 Å². The summed E-state index contributed by atoms with van der Waals surface area (Å²) in [6.07, 6.45) is -1.62. The SMILES string of the molecule is CNC(=O)Oc1ccccc1OC/C=C/COc1ccc(C(F)(F)F)cc1. The molecule has 0 unspecified atom stereocenters. The summed E-state index contributed by atoms with van der Waals surface area (Å²) in [6, 6.07) is 11.2. The molecule has 0 fully saturated rings. The van der Waals surface area contributed by atoms with Crippen molar-refractivity contribution in [1.29, 1.82) is 0 Å². The van der Waals surface area contributed by atoms with E-state index < -0.39 is 17.8 Å². The number of benzene rings is 2. The van der Waals surface area contributed by atoms with E-state index in [9.17, 15) is 18.0 Å². The second-order valence-electron chi connectivity index (χ2n) is 5.20. The van der Waals surface area contributed by atoms with E-state index in [1.807, 2.05) is 0 Å². The number of ether oxygens (including phenoxy) is 3. The number of nitrogens with one attached hydrogen (secondary N) is 1. The lowest BCUT2D eigenvalue weighted by Gasteiger charge is -2.10. The average molecular weight is 381 g/mol. The number of amides is 1. The van der Waals surface area contributed by atoms with E-state index in [1.54, 1.807) is 36.4 Å². The van der Waals surface area contributed by atoms with Gasteiger partial charge < -0.3 is 19.5 Å². The molecule has 2 aromatic carbocycles. The number of hydrogen-bond donors (Lipinski definition) is 1. The van der Waals surface area contributed by atoms with Gasteiger partial charge in [-0.2, -0.15) is 13.2 Å². The van der Waals surface area contributed by atoms with Crippen molar-refractivity contribution in [2.24, 2.45) is 0 Å². The smallest absolute Gasteiger partial charge is 0.416 e. The maximum atomic E-state index is 12.5. The van der Waals surface area contributed by atoms with Gasteiger partial charge in [0.15, 0.2) is 11.5 Å². The Bertz CT molecular complexity index is 773. The number of rotatable bonds is 7. The van der Waals surface area contributed by atoms with Crippen molar-refractivity contribution in [3.05, 3.63) is 66.2 Å². The van der Waals surface area contributed by atoms with E-state index in [0.717, 1.165) is 12.1 Å². The third kappa shape index (κ3) is 6.58. The van der Waals surface area contributed by atoms with E-state index in [-0.39, 0.29) is 19.0 Å². The van der Waals surface area contributed by atoms with Gasteiger partial charge in [0.25, 0.3) is 0 Å². The lowest BCUT2D eigenvalue weighted by atomic mass is 10.2. The lowest BCUT2D eigenvalue weighted by Crippen LogP contribution is -2.22. The fourth-order valence-corrected chi connectivity index (χ4v) is 1.96. The monoisotopic (exact) mass is 381 g/mol. The van der Waals surface area contributed by atoms with Crippen molar-refractivity contribution in [3.63, 3.8) is 0 Å². The summed E-state index contributed by atoms with van der Waals surface area (Å²) in [5, 5.41) is 2.34. The molecule has 0 bridgehead atoms. The molecule has 0 atom stereocenters. The zero-order valence-electron chi connectivity index (χ0n) is 14.5. The molecule has 144 valence electrons. The Morgan fingerprint density at radius 1 is 0.963 bits per heavy atom. The van der Waals surface area contributed by atoms with Crippen LogP contribution in [0, 0.1) is 0 Å². The molecule has 0 aliphatic heterocycles. The molecule has 8 heteroatoms. The second-order valence-corrected chi connectivity index (χ2v) is 5.20. The highest BCUT2D eigenvalue weighted by atomic mass is 19.4. The molecule has 1 amide bonds. The van der Waals surface area contributed by atoms with Crippen molar-refractivity contribution in [3.8, 4) is 17.2 Å². The minimum Gasteiger partial charge on any atom is -0.490 e. The van der Waals surface area contributed by atoms with E-state index in [2.05, 4.69) is 5.32 Å². The minimum absolute atomic E-state index is 0.172. The molecule has 0 saturated carbocycles. The van der Waals surface area contributed by atoms with Crippen LogP contribution in [0.2, 0.25) is 0 Å². The van der Waals surface area contributed by atoms with E-state index in [0.29, 0.717) is 11.5 Å². The van der Waals surface area contributed by atoms with E-state index >= 15 is 0 Å². The summed E-state index contributed by atoms with van der Waals surface area (Å²) in [5.41, 5.74) is -0.726. The predicted molar refractivity (Wildman–Crippen MR) is 93.1 cm³/mol. The maximum absolute atomic E-state index is 12.5. The van der Waals surface area contributed by atoms with Crippen LogP contribution in [0.3, 0.4) is 0 Å². The van der Waals surface area contributed by atoms with Crippen LogP contribution in [0.4, 0.5) is 18.0 Å². The van der Waals surface area contributed by atoms with Gasteiger partial charge in [-0.3, -0.25) is 0 Å². The number of alkyl halides is 3. The first-order valence-electron chi connectivity index (χ1n) is 7.96. The Balaban J connectivity index is 1.78. The molecule has 5 nitrogen and oxygen atoms in total. The quantitative estimate of drug-likeness (QED) is 0.721. The lowest BCUT2D eigenvalue weighted by molar-refractivity contribution is -0.137. The van der Waals surface area contributed by atoms with Gasteiger partial charge in [-0.15, -0.1) is 0 Å². The van der Waals surface area contributed by atoms with Crippen molar-refractivity contribution >= 4 is 6.09 Å². The van der Waals surface area contributed by atoms with Crippen LogP contribution in [-0.4, -0.2) is 26.4 Å². The fraction of sp³-hybridized carbons (Fsp3) is 0.211. The average Bonchev–Trinajstić information content (AvgIpc) is 2.65. The molecule has 0 aliphatic rings. The van der Waals surface area contributed by atoms with Crippen LogP contribution in [0.5, 0.6) is 17.2 Å². The molecule has 2 aromatic rings. The Morgan fingerprint density at radius 2 is 1.56 bits per heavy atom. The summed E-state index contributed by atoms with van der Waals surface area (Å²) < 4.78 is 53.3. The molecular formula is C19H18F3NO4. The number of carbonyl (C=O) groups excluding carboxylic acids is 1. The van der Waals surface area contributed by atoms with Crippen LogP contribution in [-0.2, 0) is 6.18 Å². The summed E-state index contributed by atoms with van der Waals surface area (Å²) in [7, 11) is 1.45. The number of para-hydroxylation sites is 2. The summed E-state index contributed by atoms with van der Waals surface area (Å²) >= 11 is 0. The molecule has 0 aliphatic carbocycles. The zero-order chi connectivity index (χ0) is 19.7. The van der Waals surface area contributed by atoms with Crippen molar-refractivity contribution < 1.29 is 32.2 Å². The Morgan fingerprint density at radius 3 is 2.15 bits per heavy atom. The normalized spacial score (nSPS) is 11.3. The highest BCUT2D eigenvalue weighted by Gasteiger charge is 2.29. The van der Waals surface area contributed by atoms with Crippen LogP contribution in [0.15, 0.2) is 60.7 Å². The van der Waals surface area contributed by atoms with E-state index in [1.165, 1.54) is 19.2 Å². The summed E-state index contributed by atoms with van der Waals surface area (Å²) in [6.45, 7) is 0.371. The van der Waals surface area contributed by atoms with Crippen molar-refractivity contribution in [1.82, 2.24) is 5.32 Å². The topological polar surface area (TPSA) is 56.8 Å². The fourth-order valence-electron chi connectivity index (χ4n) is 1.96. The standard InChI is InChI=1S/C19H18F3NO4/c1-23-18(24)27-17-7-3-2-6-16(17)26-13-5-4-12-25-15-10-8-14(9-11-15)19(20,21)22/h2-11H,12-13H2,1H3,(H,23,24)/b5-4+. The molecule has 27 heavy (non-hydrogen) atoms. The van der Waals surface area contributed by atoms with Gasteiger partial charge in [0.1, 0.15) is 19.0 Å². The Hall–Kier alpha value is -3.16. The van der Waals surface area contributed by atoms with Crippen LogP contribution >= 0.6 is 0 Å². The van der Waals surface area contributed by atoms with Gasteiger partial charge in [-0.25, -0.2) is 4.79 Å². The Labute approximate surface area is 154 Å². The first kappa shape index (κ1) is 20.2. The third-order valence-corrected chi connectivity index (χ3v) is 3.29. The maximum Gasteiger partial charge on any atom is 0.416 e. The molecule has 0 aromatic heterocycles. The molecule has 0 radical (unpaired) electrons. The number of halogens is 3. The summed E-state index contributed by atoms with van der Waals surface area (Å²) in [4.78, 5) is 11.3. The highest BCUT2D eigenvalue weighted by molar-refractivity contribution is 5.70. The van der Waals surface area contributed by atoms with Crippen LogP contribution in [0.25, 0.3) is 0 Å². The molecular weight excluding hydrogens is 363 g/mol. The molecule has 1 N–H and O–H groups in total. The molecule has 0 saturated heterocycles. The van der Waals surface area contributed by atoms with Crippen LogP contribution < -0.4 is 19.5 Å².